The van der Waals surface area contributed by atoms with Gasteiger partial charge in [0.05, 0.1) is 17.9 Å². The molecule has 1 heterocycles. The van der Waals surface area contributed by atoms with Gasteiger partial charge >= 0.3 is 0 Å². The first-order valence-corrected chi connectivity index (χ1v) is 10.0. The SMILES string of the molecule is CCN(C(=O)C(C)Sc1nnc(-c2ccccc2OC)n1C)c1ccccc1. The molecule has 0 radical (unpaired) electrons. The number of anilines is 1. The van der Waals surface area contributed by atoms with Gasteiger partial charge in [0.25, 0.3) is 0 Å². The van der Waals surface area contributed by atoms with Crippen molar-refractivity contribution < 1.29 is 9.53 Å². The van der Waals surface area contributed by atoms with Gasteiger partial charge in [-0.1, -0.05) is 42.1 Å². The number of carbonyl (C=O) groups excluding carboxylic acids is 1. The summed E-state index contributed by atoms with van der Waals surface area (Å²) in [6.45, 7) is 4.49. The highest BCUT2D eigenvalue weighted by Gasteiger charge is 2.24. The van der Waals surface area contributed by atoms with Gasteiger partial charge in [0.1, 0.15) is 5.75 Å². The van der Waals surface area contributed by atoms with Crippen LogP contribution in [-0.4, -0.2) is 39.6 Å². The van der Waals surface area contributed by atoms with Gasteiger partial charge in [0, 0.05) is 19.3 Å². The number of methoxy groups -OCH3 is 1. The van der Waals surface area contributed by atoms with Gasteiger partial charge < -0.3 is 14.2 Å². The summed E-state index contributed by atoms with van der Waals surface area (Å²) in [5, 5.41) is 9.00. The lowest BCUT2D eigenvalue weighted by atomic mass is 10.2. The Kier molecular flexibility index (Phi) is 6.36. The standard InChI is InChI=1S/C21H24N4O2S/c1-5-25(16-11-7-6-8-12-16)20(26)15(2)28-21-23-22-19(24(21)3)17-13-9-10-14-18(17)27-4/h6-15H,5H2,1-4H3. The van der Waals surface area contributed by atoms with Crippen LogP contribution < -0.4 is 9.64 Å². The average Bonchev–Trinajstić information content (AvgIpc) is 3.09. The van der Waals surface area contributed by atoms with Crippen LogP contribution in [0, 0.1) is 0 Å². The minimum atomic E-state index is -0.298. The molecule has 0 aliphatic carbocycles. The molecule has 28 heavy (non-hydrogen) atoms. The second-order valence-electron chi connectivity index (χ2n) is 6.24. The maximum absolute atomic E-state index is 13.0. The van der Waals surface area contributed by atoms with Crippen LogP contribution in [0.3, 0.4) is 0 Å². The van der Waals surface area contributed by atoms with E-state index >= 15 is 0 Å². The molecule has 0 N–H and O–H groups in total. The fourth-order valence-electron chi connectivity index (χ4n) is 2.98. The summed E-state index contributed by atoms with van der Waals surface area (Å²) in [6.07, 6.45) is 0. The number of benzene rings is 2. The van der Waals surface area contributed by atoms with Crippen molar-refractivity contribution in [1.29, 1.82) is 0 Å². The van der Waals surface area contributed by atoms with Crippen LogP contribution >= 0.6 is 11.8 Å². The highest BCUT2D eigenvalue weighted by Crippen LogP contribution is 2.31. The molecule has 3 rings (SSSR count). The van der Waals surface area contributed by atoms with E-state index in [-0.39, 0.29) is 11.2 Å². The van der Waals surface area contributed by atoms with Gasteiger partial charge in [-0.25, -0.2) is 0 Å². The number of aromatic nitrogens is 3. The molecular weight excluding hydrogens is 372 g/mol. The highest BCUT2D eigenvalue weighted by atomic mass is 32.2. The summed E-state index contributed by atoms with van der Waals surface area (Å²) in [6, 6.07) is 17.4. The molecule has 0 saturated carbocycles. The van der Waals surface area contributed by atoms with Crippen molar-refractivity contribution >= 4 is 23.4 Å². The fourth-order valence-corrected chi connectivity index (χ4v) is 3.86. The second kappa shape index (κ2) is 8.93. The molecule has 0 spiro atoms. The van der Waals surface area contributed by atoms with Gasteiger partial charge in [-0.05, 0) is 38.1 Å². The van der Waals surface area contributed by atoms with Crippen LogP contribution in [0.1, 0.15) is 13.8 Å². The maximum atomic E-state index is 13.0. The van der Waals surface area contributed by atoms with E-state index in [4.69, 9.17) is 4.74 Å². The summed E-state index contributed by atoms with van der Waals surface area (Å²) in [4.78, 5) is 14.8. The van der Waals surface area contributed by atoms with Gasteiger partial charge in [-0.3, -0.25) is 4.79 Å². The van der Waals surface area contributed by atoms with Crippen LogP contribution in [0.4, 0.5) is 5.69 Å². The first-order valence-electron chi connectivity index (χ1n) is 9.12. The quantitative estimate of drug-likeness (QED) is 0.565. The van der Waals surface area contributed by atoms with Crippen LogP contribution in [0.2, 0.25) is 0 Å². The first-order chi connectivity index (χ1) is 13.6. The Hall–Kier alpha value is -2.80. The van der Waals surface area contributed by atoms with E-state index in [2.05, 4.69) is 10.2 Å². The number of nitrogens with zero attached hydrogens (tertiary/aromatic N) is 4. The second-order valence-corrected chi connectivity index (χ2v) is 7.55. The molecule has 1 atom stereocenters. The monoisotopic (exact) mass is 396 g/mol. The van der Waals surface area contributed by atoms with E-state index in [0.29, 0.717) is 17.5 Å². The van der Waals surface area contributed by atoms with Crippen molar-refractivity contribution in [2.75, 3.05) is 18.6 Å². The highest BCUT2D eigenvalue weighted by molar-refractivity contribution is 8.00. The molecule has 0 fully saturated rings. The zero-order valence-corrected chi connectivity index (χ0v) is 17.3. The largest absolute Gasteiger partial charge is 0.496 e. The molecule has 6 nitrogen and oxygen atoms in total. The van der Waals surface area contributed by atoms with E-state index in [1.54, 1.807) is 12.0 Å². The average molecular weight is 397 g/mol. The minimum absolute atomic E-state index is 0.0422. The Morgan fingerprint density at radius 3 is 2.50 bits per heavy atom. The summed E-state index contributed by atoms with van der Waals surface area (Å²) < 4.78 is 7.32. The molecular formula is C21H24N4O2S. The van der Waals surface area contributed by atoms with Gasteiger partial charge in [0.15, 0.2) is 11.0 Å². The van der Waals surface area contributed by atoms with Crippen molar-refractivity contribution in [3.05, 3.63) is 54.6 Å². The van der Waals surface area contributed by atoms with Gasteiger partial charge in [0.2, 0.25) is 5.91 Å². The number of amides is 1. The Bertz CT molecular complexity index is 943. The lowest BCUT2D eigenvalue weighted by Crippen LogP contribution is -2.36. The van der Waals surface area contributed by atoms with E-state index in [1.165, 1.54) is 11.8 Å². The molecule has 7 heteroatoms. The van der Waals surface area contributed by atoms with Crippen LogP contribution in [-0.2, 0) is 11.8 Å². The number of thioether (sulfide) groups is 1. The van der Waals surface area contributed by atoms with Crippen molar-refractivity contribution in [1.82, 2.24) is 14.8 Å². The van der Waals surface area contributed by atoms with E-state index < -0.39 is 0 Å². The van der Waals surface area contributed by atoms with Crippen molar-refractivity contribution in [3.63, 3.8) is 0 Å². The molecule has 0 saturated heterocycles. The maximum Gasteiger partial charge on any atom is 0.240 e. The summed E-state index contributed by atoms with van der Waals surface area (Å²) >= 11 is 1.40. The van der Waals surface area contributed by atoms with Crippen LogP contribution in [0.25, 0.3) is 11.4 Å². The lowest BCUT2D eigenvalue weighted by Gasteiger charge is -2.24. The Labute approximate surface area is 169 Å². The Morgan fingerprint density at radius 2 is 1.82 bits per heavy atom. The molecule has 3 aromatic rings. The molecule has 2 aromatic carbocycles. The number of hydrogen-bond donors (Lipinski definition) is 0. The molecule has 0 aliphatic rings. The summed E-state index contributed by atoms with van der Waals surface area (Å²) in [7, 11) is 3.53. The normalized spacial score (nSPS) is 11.9. The summed E-state index contributed by atoms with van der Waals surface area (Å²) in [5.74, 6) is 1.48. The van der Waals surface area contributed by atoms with E-state index in [0.717, 1.165) is 17.0 Å². The lowest BCUT2D eigenvalue weighted by molar-refractivity contribution is -0.117. The summed E-state index contributed by atoms with van der Waals surface area (Å²) in [5.41, 5.74) is 1.76. The molecule has 1 aromatic heterocycles. The third kappa shape index (κ3) is 4.04. The number of para-hydroxylation sites is 2. The van der Waals surface area contributed by atoms with Gasteiger partial charge in [-0.15, -0.1) is 10.2 Å². The Morgan fingerprint density at radius 1 is 1.14 bits per heavy atom. The molecule has 1 unspecified atom stereocenters. The predicted octanol–water partition coefficient (Wildman–Crippen LogP) is 4.02. The van der Waals surface area contributed by atoms with Crippen molar-refractivity contribution in [2.24, 2.45) is 7.05 Å². The third-order valence-electron chi connectivity index (χ3n) is 4.46. The molecule has 0 aliphatic heterocycles. The zero-order chi connectivity index (χ0) is 20.1. The van der Waals surface area contributed by atoms with Crippen LogP contribution in [0.5, 0.6) is 5.75 Å². The zero-order valence-electron chi connectivity index (χ0n) is 16.5. The smallest absolute Gasteiger partial charge is 0.240 e. The number of ether oxygens (including phenoxy) is 1. The number of rotatable bonds is 7. The van der Waals surface area contributed by atoms with E-state index in [1.807, 2.05) is 80.1 Å². The number of hydrogen-bond acceptors (Lipinski definition) is 5. The fraction of sp³-hybridized carbons (Fsp3) is 0.286. The van der Waals surface area contributed by atoms with Crippen LogP contribution in [0.15, 0.2) is 59.8 Å². The molecule has 146 valence electrons. The third-order valence-corrected chi connectivity index (χ3v) is 5.58. The predicted molar refractivity (Wildman–Crippen MR) is 113 cm³/mol. The minimum Gasteiger partial charge on any atom is -0.496 e. The van der Waals surface area contributed by atoms with Crippen molar-refractivity contribution in [2.45, 2.75) is 24.3 Å². The van der Waals surface area contributed by atoms with E-state index in [9.17, 15) is 4.79 Å². The van der Waals surface area contributed by atoms with Crippen molar-refractivity contribution in [3.8, 4) is 17.1 Å². The Balaban J connectivity index is 1.80. The molecule has 0 bridgehead atoms. The topological polar surface area (TPSA) is 60.3 Å². The molecule has 1 amide bonds. The van der Waals surface area contributed by atoms with Gasteiger partial charge in [-0.2, -0.15) is 0 Å². The first kappa shape index (κ1) is 19.9. The number of carbonyl (C=O) groups is 1.